The number of anilines is 1. The maximum atomic E-state index is 5.61. The van der Waals surface area contributed by atoms with Gasteiger partial charge in [-0.05, 0) is 25.3 Å². The number of rotatable bonds is 2. The molecule has 5 nitrogen and oxygen atoms in total. The lowest BCUT2D eigenvalue weighted by Crippen LogP contribution is -2.36. The molecular formula is C8H17Cl2N5. The monoisotopic (exact) mass is 253 g/mol. The van der Waals surface area contributed by atoms with Crippen LogP contribution in [0.3, 0.4) is 0 Å². The van der Waals surface area contributed by atoms with Gasteiger partial charge in [-0.2, -0.15) is 10.1 Å². The summed E-state index contributed by atoms with van der Waals surface area (Å²) >= 11 is 0. The molecule has 88 valence electrons. The second-order valence-electron chi connectivity index (χ2n) is 3.48. The van der Waals surface area contributed by atoms with Crippen LogP contribution in [0.25, 0.3) is 0 Å². The van der Waals surface area contributed by atoms with Gasteiger partial charge in [-0.3, -0.25) is 0 Å². The number of nitrogens with one attached hydrogen (secondary N) is 1. The Labute approximate surface area is 102 Å². The third-order valence-corrected chi connectivity index (χ3v) is 2.65. The van der Waals surface area contributed by atoms with E-state index in [0.717, 1.165) is 38.4 Å². The first kappa shape index (κ1) is 14.5. The molecule has 0 saturated carbocycles. The topological polar surface area (TPSA) is 70.8 Å². The lowest BCUT2D eigenvalue weighted by Gasteiger charge is -2.30. The first-order chi connectivity index (χ1) is 6.40. The number of piperidine rings is 1. The number of halogens is 2. The van der Waals surface area contributed by atoms with E-state index in [1.54, 1.807) is 6.33 Å². The van der Waals surface area contributed by atoms with E-state index < -0.39 is 0 Å². The van der Waals surface area contributed by atoms with Crippen LogP contribution in [-0.4, -0.2) is 34.8 Å². The van der Waals surface area contributed by atoms with Crippen molar-refractivity contribution in [2.75, 3.05) is 24.5 Å². The summed E-state index contributed by atoms with van der Waals surface area (Å²) in [5.74, 6) is 1.58. The van der Waals surface area contributed by atoms with E-state index in [9.17, 15) is 0 Å². The first-order valence-corrected chi connectivity index (χ1v) is 4.70. The SMILES string of the molecule is Cl.Cl.NCC1CCN(c2ncn[nH]2)CC1. The Balaban J connectivity index is 0.000000980. The highest BCUT2D eigenvalue weighted by Gasteiger charge is 2.19. The number of nitrogens with zero attached hydrogens (tertiary/aromatic N) is 3. The van der Waals surface area contributed by atoms with Gasteiger partial charge in [0.05, 0.1) is 0 Å². The zero-order valence-corrected chi connectivity index (χ0v) is 10.1. The summed E-state index contributed by atoms with van der Waals surface area (Å²) in [5.41, 5.74) is 5.61. The third-order valence-electron chi connectivity index (χ3n) is 2.65. The molecule has 2 rings (SSSR count). The van der Waals surface area contributed by atoms with Crippen LogP contribution >= 0.6 is 24.8 Å². The lowest BCUT2D eigenvalue weighted by atomic mass is 9.97. The van der Waals surface area contributed by atoms with E-state index in [2.05, 4.69) is 20.1 Å². The van der Waals surface area contributed by atoms with Crippen molar-refractivity contribution in [2.24, 2.45) is 11.7 Å². The summed E-state index contributed by atoms with van der Waals surface area (Å²) in [4.78, 5) is 6.34. The van der Waals surface area contributed by atoms with E-state index in [0.29, 0.717) is 5.92 Å². The molecule has 1 saturated heterocycles. The van der Waals surface area contributed by atoms with Crippen molar-refractivity contribution in [1.29, 1.82) is 0 Å². The van der Waals surface area contributed by atoms with Crippen molar-refractivity contribution >= 4 is 30.8 Å². The van der Waals surface area contributed by atoms with Gasteiger partial charge in [0.15, 0.2) is 0 Å². The van der Waals surface area contributed by atoms with Crippen LogP contribution in [0.5, 0.6) is 0 Å². The lowest BCUT2D eigenvalue weighted by molar-refractivity contribution is 0.411. The maximum absolute atomic E-state index is 5.61. The molecule has 1 aromatic heterocycles. The largest absolute Gasteiger partial charge is 0.341 e. The van der Waals surface area contributed by atoms with Crippen LogP contribution in [0.1, 0.15) is 12.8 Å². The molecule has 0 radical (unpaired) electrons. The Hall–Kier alpha value is -0.520. The fraction of sp³-hybridized carbons (Fsp3) is 0.750. The highest BCUT2D eigenvalue weighted by molar-refractivity contribution is 5.85. The Morgan fingerprint density at radius 3 is 2.53 bits per heavy atom. The van der Waals surface area contributed by atoms with Crippen molar-refractivity contribution in [1.82, 2.24) is 15.2 Å². The predicted molar refractivity (Wildman–Crippen MR) is 64.9 cm³/mol. The minimum Gasteiger partial charge on any atom is -0.341 e. The van der Waals surface area contributed by atoms with E-state index in [-0.39, 0.29) is 24.8 Å². The van der Waals surface area contributed by atoms with Crippen LogP contribution in [0.4, 0.5) is 5.95 Å². The molecule has 0 bridgehead atoms. The summed E-state index contributed by atoms with van der Waals surface area (Å²) in [6.07, 6.45) is 3.87. The van der Waals surface area contributed by atoms with Crippen molar-refractivity contribution < 1.29 is 0 Å². The van der Waals surface area contributed by atoms with Gasteiger partial charge in [-0.15, -0.1) is 24.8 Å². The predicted octanol–water partition coefficient (Wildman–Crippen LogP) is 0.823. The molecule has 0 aromatic carbocycles. The molecule has 0 spiro atoms. The Morgan fingerprint density at radius 2 is 2.07 bits per heavy atom. The number of aromatic nitrogens is 3. The second-order valence-corrected chi connectivity index (χ2v) is 3.48. The Kier molecular flexibility index (Phi) is 6.63. The van der Waals surface area contributed by atoms with Gasteiger partial charge in [0.1, 0.15) is 6.33 Å². The van der Waals surface area contributed by atoms with Crippen LogP contribution in [0.2, 0.25) is 0 Å². The van der Waals surface area contributed by atoms with Crippen LogP contribution in [-0.2, 0) is 0 Å². The summed E-state index contributed by atoms with van der Waals surface area (Å²) in [7, 11) is 0. The third kappa shape index (κ3) is 3.52. The van der Waals surface area contributed by atoms with Crippen LogP contribution in [0, 0.1) is 5.92 Å². The molecule has 0 atom stereocenters. The summed E-state index contributed by atoms with van der Waals surface area (Å²) in [5, 5.41) is 6.71. The van der Waals surface area contributed by atoms with Gasteiger partial charge in [0, 0.05) is 13.1 Å². The number of aromatic amines is 1. The fourth-order valence-corrected chi connectivity index (χ4v) is 1.73. The molecule has 15 heavy (non-hydrogen) atoms. The molecule has 1 aliphatic rings. The molecule has 1 aliphatic heterocycles. The zero-order chi connectivity index (χ0) is 9.10. The van der Waals surface area contributed by atoms with E-state index in [1.807, 2.05) is 0 Å². The van der Waals surface area contributed by atoms with Crippen molar-refractivity contribution in [3.05, 3.63) is 6.33 Å². The zero-order valence-electron chi connectivity index (χ0n) is 8.43. The van der Waals surface area contributed by atoms with Gasteiger partial charge in [0.2, 0.25) is 5.95 Å². The summed E-state index contributed by atoms with van der Waals surface area (Å²) in [6.45, 7) is 2.89. The molecule has 1 aromatic rings. The minimum atomic E-state index is 0. The molecule has 3 N–H and O–H groups in total. The van der Waals surface area contributed by atoms with Gasteiger partial charge in [-0.1, -0.05) is 0 Å². The fourth-order valence-electron chi connectivity index (χ4n) is 1.73. The van der Waals surface area contributed by atoms with Gasteiger partial charge < -0.3 is 10.6 Å². The molecule has 0 amide bonds. The number of H-pyrrole nitrogens is 1. The normalized spacial score (nSPS) is 16.7. The number of nitrogens with two attached hydrogens (primary N) is 1. The average molecular weight is 254 g/mol. The molecule has 7 heteroatoms. The van der Waals surface area contributed by atoms with Crippen LogP contribution < -0.4 is 10.6 Å². The smallest absolute Gasteiger partial charge is 0.221 e. The van der Waals surface area contributed by atoms with E-state index >= 15 is 0 Å². The Morgan fingerprint density at radius 1 is 1.40 bits per heavy atom. The van der Waals surface area contributed by atoms with Crippen LogP contribution in [0.15, 0.2) is 6.33 Å². The van der Waals surface area contributed by atoms with Gasteiger partial charge in [-0.25, -0.2) is 5.10 Å². The summed E-state index contributed by atoms with van der Waals surface area (Å²) < 4.78 is 0. The van der Waals surface area contributed by atoms with Crippen molar-refractivity contribution in [3.8, 4) is 0 Å². The molecule has 2 heterocycles. The van der Waals surface area contributed by atoms with Crippen molar-refractivity contribution in [2.45, 2.75) is 12.8 Å². The van der Waals surface area contributed by atoms with E-state index in [4.69, 9.17) is 5.73 Å². The van der Waals surface area contributed by atoms with E-state index in [1.165, 1.54) is 0 Å². The molecule has 0 unspecified atom stereocenters. The quantitative estimate of drug-likeness (QED) is 0.819. The second kappa shape index (κ2) is 6.87. The highest BCUT2D eigenvalue weighted by Crippen LogP contribution is 2.18. The first-order valence-electron chi connectivity index (χ1n) is 4.70. The Bertz CT molecular complexity index is 246. The highest BCUT2D eigenvalue weighted by atomic mass is 35.5. The minimum absolute atomic E-state index is 0. The standard InChI is InChI=1S/C8H15N5.2ClH/c9-5-7-1-3-13(4-2-7)8-10-6-11-12-8;;/h6-7H,1-5,9H2,(H,10,11,12);2*1H. The number of hydrogen-bond donors (Lipinski definition) is 2. The molecule has 1 fully saturated rings. The van der Waals surface area contributed by atoms with Gasteiger partial charge >= 0.3 is 0 Å². The summed E-state index contributed by atoms with van der Waals surface area (Å²) in [6, 6.07) is 0. The average Bonchev–Trinajstić information content (AvgIpc) is 2.71. The number of hydrogen-bond acceptors (Lipinski definition) is 4. The maximum Gasteiger partial charge on any atom is 0.221 e. The molecular weight excluding hydrogens is 237 g/mol. The van der Waals surface area contributed by atoms with Gasteiger partial charge in [0.25, 0.3) is 0 Å². The molecule has 0 aliphatic carbocycles. The van der Waals surface area contributed by atoms with Crippen molar-refractivity contribution in [3.63, 3.8) is 0 Å².